The van der Waals surface area contributed by atoms with Gasteiger partial charge in [0.2, 0.25) is 0 Å². The quantitative estimate of drug-likeness (QED) is 0.857. The van der Waals surface area contributed by atoms with E-state index in [-0.39, 0.29) is 12.4 Å². The van der Waals surface area contributed by atoms with E-state index in [1.54, 1.807) is 6.07 Å². The number of benzene rings is 2. The lowest BCUT2D eigenvalue weighted by molar-refractivity contribution is 0.305. The normalized spacial score (nSPS) is 9.83. The highest BCUT2D eigenvalue weighted by molar-refractivity contribution is 9.10. The van der Waals surface area contributed by atoms with E-state index in [1.165, 1.54) is 18.2 Å². The van der Waals surface area contributed by atoms with Crippen LogP contribution in [0.2, 0.25) is 0 Å². The number of hydrogen-bond donors (Lipinski definition) is 0. The van der Waals surface area contributed by atoms with E-state index in [0.717, 1.165) is 4.47 Å². The molecule has 0 saturated heterocycles. The molecule has 2 aromatic rings. The summed E-state index contributed by atoms with van der Waals surface area (Å²) in [6.45, 7) is 0.164. The predicted octanol–water partition coefficient (Wildman–Crippen LogP) is 4.04. The molecule has 2 nitrogen and oxygen atoms in total. The summed E-state index contributed by atoms with van der Waals surface area (Å²) >= 11 is 3.34. The third-order valence-electron chi connectivity index (χ3n) is 2.38. The van der Waals surface area contributed by atoms with Crippen LogP contribution >= 0.6 is 15.9 Å². The molecular formula is C14H9BrFNO. The first-order valence-electron chi connectivity index (χ1n) is 5.26. The summed E-state index contributed by atoms with van der Waals surface area (Å²) in [7, 11) is 0. The Morgan fingerprint density at radius 3 is 2.78 bits per heavy atom. The summed E-state index contributed by atoms with van der Waals surface area (Å²) in [6.07, 6.45) is 0. The zero-order chi connectivity index (χ0) is 13.0. The van der Waals surface area contributed by atoms with Crippen molar-refractivity contribution >= 4 is 15.9 Å². The Hall–Kier alpha value is -1.86. The molecule has 0 aromatic heterocycles. The molecule has 0 radical (unpaired) electrons. The lowest BCUT2D eigenvalue weighted by Crippen LogP contribution is -1.99. The standard InChI is InChI=1S/C14H9BrFNO/c15-12-2-1-3-14(7-12)18-9-11-6-13(16)5-4-10(11)8-17/h1-7H,9H2. The second-order valence-electron chi connectivity index (χ2n) is 3.66. The van der Waals surface area contributed by atoms with E-state index in [1.807, 2.05) is 24.3 Å². The minimum Gasteiger partial charge on any atom is -0.489 e. The van der Waals surface area contributed by atoms with Gasteiger partial charge in [-0.3, -0.25) is 0 Å². The smallest absolute Gasteiger partial charge is 0.123 e. The number of hydrogen-bond acceptors (Lipinski definition) is 2. The van der Waals surface area contributed by atoms with E-state index < -0.39 is 0 Å². The topological polar surface area (TPSA) is 33.0 Å². The molecule has 2 aromatic carbocycles. The highest BCUT2D eigenvalue weighted by Gasteiger charge is 2.05. The lowest BCUT2D eigenvalue weighted by atomic mass is 10.1. The first kappa shape index (κ1) is 12.6. The molecule has 4 heteroatoms. The summed E-state index contributed by atoms with van der Waals surface area (Å²) in [5.74, 6) is 0.291. The third-order valence-corrected chi connectivity index (χ3v) is 2.87. The van der Waals surface area contributed by atoms with Gasteiger partial charge in [-0.2, -0.15) is 5.26 Å². The minimum atomic E-state index is -0.373. The van der Waals surface area contributed by atoms with Gasteiger partial charge in [0.05, 0.1) is 11.6 Å². The van der Waals surface area contributed by atoms with Crippen LogP contribution in [-0.4, -0.2) is 0 Å². The Morgan fingerprint density at radius 2 is 2.06 bits per heavy atom. The monoisotopic (exact) mass is 305 g/mol. The van der Waals surface area contributed by atoms with Crippen LogP contribution in [0, 0.1) is 17.1 Å². The summed E-state index contributed by atoms with van der Waals surface area (Å²) in [6, 6.07) is 13.4. The summed E-state index contributed by atoms with van der Waals surface area (Å²) in [4.78, 5) is 0. The average molecular weight is 306 g/mol. The number of ether oxygens (including phenoxy) is 1. The second kappa shape index (κ2) is 5.65. The fourth-order valence-corrected chi connectivity index (χ4v) is 1.89. The van der Waals surface area contributed by atoms with Crippen molar-refractivity contribution in [3.8, 4) is 11.8 Å². The highest BCUT2D eigenvalue weighted by atomic mass is 79.9. The first-order valence-corrected chi connectivity index (χ1v) is 6.05. The molecule has 0 fully saturated rings. The summed E-state index contributed by atoms with van der Waals surface area (Å²) in [5.41, 5.74) is 0.962. The number of halogens is 2. The molecule has 0 amide bonds. The van der Waals surface area contributed by atoms with Crippen molar-refractivity contribution in [3.63, 3.8) is 0 Å². The number of nitriles is 1. The van der Waals surface area contributed by atoms with Gasteiger partial charge in [0.15, 0.2) is 0 Å². The van der Waals surface area contributed by atoms with Crippen molar-refractivity contribution in [2.75, 3.05) is 0 Å². The van der Waals surface area contributed by atoms with E-state index in [0.29, 0.717) is 16.9 Å². The maximum atomic E-state index is 13.1. The van der Waals surface area contributed by atoms with Gasteiger partial charge in [0.25, 0.3) is 0 Å². The van der Waals surface area contributed by atoms with E-state index in [4.69, 9.17) is 10.00 Å². The van der Waals surface area contributed by atoms with Crippen molar-refractivity contribution < 1.29 is 9.13 Å². The first-order chi connectivity index (χ1) is 8.69. The number of rotatable bonds is 3. The van der Waals surface area contributed by atoms with E-state index in [2.05, 4.69) is 15.9 Å². The largest absolute Gasteiger partial charge is 0.489 e. The zero-order valence-corrected chi connectivity index (χ0v) is 10.9. The molecule has 2 rings (SSSR count). The molecule has 0 bridgehead atoms. The van der Waals surface area contributed by atoms with Gasteiger partial charge in [-0.15, -0.1) is 0 Å². The van der Waals surface area contributed by atoms with Gasteiger partial charge < -0.3 is 4.74 Å². The van der Waals surface area contributed by atoms with Crippen LogP contribution in [0.3, 0.4) is 0 Å². The fraction of sp³-hybridized carbons (Fsp3) is 0.0714. The van der Waals surface area contributed by atoms with Gasteiger partial charge in [-0.25, -0.2) is 4.39 Å². The summed E-state index contributed by atoms with van der Waals surface area (Å²) in [5, 5.41) is 8.92. The van der Waals surface area contributed by atoms with Crippen LogP contribution in [0.25, 0.3) is 0 Å². The SMILES string of the molecule is N#Cc1ccc(F)cc1COc1cccc(Br)c1. The zero-order valence-electron chi connectivity index (χ0n) is 9.36. The Morgan fingerprint density at radius 1 is 1.22 bits per heavy atom. The van der Waals surface area contributed by atoms with Crippen molar-refractivity contribution in [2.45, 2.75) is 6.61 Å². The predicted molar refractivity (Wildman–Crippen MR) is 69.6 cm³/mol. The van der Waals surface area contributed by atoms with Gasteiger partial charge in [0, 0.05) is 10.0 Å². The van der Waals surface area contributed by atoms with Crippen molar-refractivity contribution in [1.29, 1.82) is 5.26 Å². The summed E-state index contributed by atoms with van der Waals surface area (Å²) < 4.78 is 19.5. The molecule has 0 aliphatic rings. The lowest BCUT2D eigenvalue weighted by Gasteiger charge is -2.08. The average Bonchev–Trinajstić information content (AvgIpc) is 2.37. The van der Waals surface area contributed by atoms with Crippen LogP contribution in [0.5, 0.6) is 5.75 Å². The molecule has 0 aliphatic carbocycles. The van der Waals surface area contributed by atoms with Crippen LogP contribution in [0.15, 0.2) is 46.9 Å². The van der Waals surface area contributed by atoms with Crippen LogP contribution in [0.4, 0.5) is 4.39 Å². The molecule has 0 spiro atoms. The van der Waals surface area contributed by atoms with Gasteiger partial charge in [-0.05, 0) is 36.4 Å². The Balaban J connectivity index is 2.15. The van der Waals surface area contributed by atoms with Crippen molar-refractivity contribution in [1.82, 2.24) is 0 Å². The van der Waals surface area contributed by atoms with Gasteiger partial charge in [0.1, 0.15) is 18.2 Å². The molecule has 0 saturated carbocycles. The maximum absolute atomic E-state index is 13.1. The number of nitrogens with zero attached hydrogens (tertiary/aromatic N) is 1. The molecule has 0 N–H and O–H groups in total. The molecule has 90 valence electrons. The van der Waals surface area contributed by atoms with Crippen molar-refractivity contribution in [2.24, 2.45) is 0 Å². The Labute approximate surface area is 113 Å². The fourth-order valence-electron chi connectivity index (χ4n) is 1.51. The highest BCUT2D eigenvalue weighted by Crippen LogP contribution is 2.20. The molecule has 18 heavy (non-hydrogen) atoms. The minimum absolute atomic E-state index is 0.164. The molecule has 0 aliphatic heterocycles. The molecule has 0 atom stereocenters. The van der Waals surface area contributed by atoms with Crippen LogP contribution in [0.1, 0.15) is 11.1 Å². The van der Waals surface area contributed by atoms with Crippen molar-refractivity contribution in [3.05, 3.63) is 63.9 Å². The van der Waals surface area contributed by atoms with E-state index in [9.17, 15) is 4.39 Å². The van der Waals surface area contributed by atoms with Crippen LogP contribution < -0.4 is 4.74 Å². The second-order valence-corrected chi connectivity index (χ2v) is 4.57. The molecule has 0 heterocycles. The van der Waals surface area contributed by atoms with Crippen LogP contribution in [-0.2, 0) is 6.61 Å². The third kappa shape index (κ3) is 3.08. The molecule has 0 unspecified atom stereocenters. The Bertz CT molecular complexity index is 607. The van der Waals surface area contributed by atoms with Gasteiger partial charge >= 0.3 is 0 Å². The molecular weight excluding hydrogens is 297 g/mol. The Kier molecular flexibility index (Phi) is 3.96. The van der Waals surface area contributed by atoms with E-state index >= 15 is 0 Å². The van der Waals surface area contributed by atoms with Gasteiger partial charge in [-0.1, -0.05) is 22.0 Å². The maximum Gasteiger partial charge on any atom is 0.123 e.